The summed E-state index contributed by atoms with van der Waals surface area (Å²) in [4.78, 5) is 27.4. The molecule has 2 heterocycles. The van der Waals surface area contributed by atoms with Gasteiger partial charge in [-0.15, -0.1) is 0 Å². The maximum atomic E-state index is 13.1. The van der Waals surface area contributed by atoms with E-state index >= 15 is 0 Å². The van der Waals surface area contributed by atoms with Gasteiger partial charge in [0.25, 0.3) is 11.7 Å². The maximum Gasteiger partial charge on any atom is 0.295 e. The Hall–Kier alpha value is -3.48. The first-order valence-corrected chi connectivity index (χ1v) is 10.3. The fourth-order valence-corrected chi connectivity index (χ4v) is 4.08. The Kier molecular flexibility index (Phi) is 5.59. The molecule has 0 saturated carbocycles. The molecule has 1 amide bonds. The zero-order valence-corrected chi connectivity index (χ0v) is 17.8. The quantitative estimate of drug-likeness (QED) is 0.449. The Morgan fingerprint density at radius 1 is 1.13 bits per heavy atom. The third-order valence-corrected chi connectivity index (χ3v) is 5.50. The Morgan fingerprint density at radius 3 is 2.58 bits per heavy atom. The summed E-state index contributed by atoms with van der Waals surface area (Å²) < 4.78 is 16.7. The normalized spacial score (nSPS) is 19.6. The van der Waals surface area contributed by atoms with E-state index in [4.69, 9.17) is 14.2 Å². The van der Waals surface area contributed by atoms with Crippen LogP contribution in [0.1, 0.15) is 36.1 Å². The number of ether oxygens (including phenoxy) is 3. The molecular formula is C24H25NO6. The highest BCUT2D eigenvalue weighted by Gasteiger charge is 2.46. The van der Waals surface area contributed by atoms with E-state index in [0.29, 0.717) is 54.6 Å². The fraction of sp³-hybridized carbons (Fsp3) is 0.333. The minimum absolute atomic E-state index is 0.0408. The summed E-state index contributed by atoms with van der Waals surface area (Å²) in [6.45, 7) is 5.08. The molecule has 1 fully saturated rings. The van der Waals surface area contributed by atoms with E-state index in [-0.39, 0.29) is 11.3 Å². The first kappa shape index (κ1) is 20.8. The summed E-state index contributed by atoms with van der Waals surface area (Å²) in [7, 11) is 1.50. The molecule has 2 aromatic rings. The van der Waals surface area contributed by atoms with Gasteiger partial charge in [0.2, 0.25) is 0 Å². The molecule has 2 aliphatic heterocycles. The number of amides is 1. The summed E-state index contributed by atoms with van der Waals surface area (Å²) in [5, 5.41) is 11.2. The van der Waals surface area contributed by atoms with Gasteiger partial charge in [0, 0.05) is 6.54 Å². The van der Waals surface area contributed by atoms with Crippen molar-refractivity contribution < 1.29 is 28.9 Å². The van der Waals surface area contributed by atoms with Crippen LogP contribution in [0, 0.1) is 6.92 Å². The second-order valence-electron chi connectivity index (χ2n) is 7.60. The molecule has 162 valence electrons. The zero-order chi connectivity index (χ0) is 22.1. The lowest BCUT2D eigenvalue weighted by atomic mass is 9.94. The minimum atomic E-state index is -0.735. The van der Waals surface area contributed by atoms with Gasteiger partial charge in [0.15, 0.2) is 11.5 Å². The smallest absolute Gasteiger partial charge is 0.295 e. The number of aliphatic hydroxyl groups is 1. The number of carbonyl (C=O) groups is 2. The number of likely N-dealkylation sites (tertiary alicyclic amines) is 1. The van der Waals surface area contributed by atoms with E-state index in [9.17, 15) is 14.7 Å². The van der Waals surface area contributed by atoms with E-state index in [2.05, 4.69) is 0 Å². The number of aliphatic hydroxyl groups excluding tert-OH is 1. The predicted octanol–water partition coefficient (Wildman–Crippen LogP) is 3.61. The van der Waals surface area contributed by atoms with Crippen LogP contribution >= 0.6 is 0 Å². The van der Waals surface area contributed by atoms with Crippen LogP contribution in [-0.4, -0.2) is 48.6 Å². The van der Waals surface area contributed by atoms with Gasteiger partial charge in [-0.1, -0.05) is 24.6 Å². The molecule has 0 aliphatic carbocycles. The van der Waals surface area contributed by atoms with Crippen LogP contribution in [0.4, 0.5) is 0 Å². The Bertz CT molecular complexity index is 1070. The van der Waals surface area contributed by atoms with Gasteiger partial charge in [-0.3, -0.25) is 9.59 Å². The molecule has 0 aromatic heterocycles. The SMILES string of the molecule is CCCN1C(=O)C(=O)/C(=C(/O)c2cc(C)ccc2OC)C1c1ccc2c(c1)OCCO2. The molecule has 7 nitrogen and oxygen atoms in total. The van der Waals surface area contributed by atoms with Crippen LogP contribution in [0.3, 0.4) is 0 Å². The van der Waals surface area contributed by atoms with Gasteiger partial charge in [-0.2, -0.15) is 0 Å². The molecule has 0 bridgehead atoms. The number of hydrogen-bond acceptors (Lipinski definition) is 6. The van der Waals surface area contributed by atoms with E-state index in [1.807, 2.05) is 19.9 Å². The number of carbonyl (C=O) groups excluding carboxylic acids is 2. The van der Waals surface area contributed by atoms with Crippen molar-refractivity contribution in [1.82, 2.24) is 4.90 Å². The molecule has 0 radical (unpaired) electrons. The monoisotopic (exact) mass is 423 g/mol. The standard InChI is InChI=1S/C24H25NO6/c1-4-9-25-21(15-6-8-18-19(13-15)31-11-10-30-18)20(23(27)24(25)28)22(26)16-12-14(2)5-7-17(16)29-3/h5-8,12-13,21,26H,4,9-11H2,1-3H3/b22-20+. The number of nitrogens with zero attached hydrogens (tertiary/aromatic N) is 1. The summed E-state index contributed by atoms with van der Waals surface area (Å²) in [5.74, 6) is -0.00539. The molecular weight excluding hydrogens is 398 g/mol. The highest BCUT2D eigenvalue weighted by Crippen LogP contribution is 2.43. The van der Waals surface area contributed by atoms with E-state index in [0.717, 1.165) is 5.56 Å². The van der Waals surface area contributed by atoms with Gasteiger partial charge < -0.3 is 24.2 Å². The zero-order valence-electron chi connectivity index (χ0n) is 17.8. The van der Waals surface area contributed by atoms with Crippen molar-refractivity contribution in [3.63, 3.8) is 0 Å². The van der Waals surface area contributed by atoms with E-state index < -0.39 is 17.7 Å². The van der Waals surface area contributed by atoms with Crippen molar-refractivity contribution in [2.45, 2.75) is 26.3 Å². The van der Waals surface area contributed by atoms with Gasteiger partial charge >= 0.3 is 0 Å². The highest BCUT2D eigenvalue weighted by molar-refractivity contribution is 6.46. The van der Waals surface area contributed by atoms with Gasteiger partial charge in [-0.25, -0.2) is 0 Å². The van der Waals surface area contributed by atoms with Crippen LogP contribution in [0.5, 0.6) is 17.2 Å². The third-order valence-electron chi connectivity index (χ3n) is 5.50. The lowest BCUT2D eigenvalue weighted by molar-refractivity contribution is -0.139. The number of benzene rings is 2. The largest absolute Gasteiger partial charge is 0.507 e. The van der Waals surface area contributed by atoms with Crippen molar-refractivity contribution in [3.05, 3.63) is 58.7 Å². The molecule has 2 aliphatic rings. The summed E-state index contributed by atoms with van der Waals surface area (Å²) in [5.41, 5.74) is 1.98. The molecule has 7 heteroatoms. The second-order valence-corrected chi connectivity index (χ2v) is 7.60. The average molecular weight is 423 g/mol. The first-order valence-electron chi connectivity index (χ1n) is 10.3. The highest BCUT2D eigenvalue weighted by atomic mass is 16.6. The topological polar surface area (TPSA) is 85.3 Å². The summed E-state index contributed by atoms with van der Waals surface area (Å²) in [6.07, 6.45) is 0.669. The van der Waals surface area contributed by atoms with Crippen LogP contribution in [0.15, 0.2) is 42.0 Å². The van der Waals surface area contributed by atoms with Crippen molar-refractivity contribution in [2.75, 3.05) is 26.9 Å². The number of Topliss-reactive ketones (excluding diaryl/α,β-unsaturated/α-hetero) is 1. The summed E-state index contributed by atoms with van der Waals surface area (Å²) in [6, 6.07) is 9.92. The van der Waals surface area contributed by atoms with Crippen molar-refractivity contribution in [2.24, 2.45) is 0 Å². The number of aryl methyl sites for hydroxylation is 1. The predicted molar refractivity (Wildman–Crippen MR) is 114 cm³/mol. The van der Waals surface area contributed by atoms with Crippen molar-refractivity contribution >= 4 is 17.4 Å². The molecule has 1 atom stereocenters. The lowest BCUT2D eigenvalue weighted by Crippen LogP contribution is -2.30. The minimum Gasteiger partial charge on any atom is -0.507 e. The van der Waals surface area contributed by atoms with Crippen LogP contribution in [0.2, 0.25) is 0 Å². The molecule has 31 heavy (non-hydrogen) atoms. The van der Waals surface area contributed by atoms with Crippen molar-refractivity contribution in [1.29, 1.82) is 0 Å². The van der Waals surface area contributed by atoms with Crippen molar-refractivity contribution in [3.8, 4) is 17.2 Å². The Balaban J connectivity index is 1.91. The van der Waals surface area contributed by atoms with Crippen LogP contribution < -0.4 is 14.2 Å². The molecule has 2 aromatic carbocycles. The second kappa shape index (κ2) is 8.34. The Labute approximate surface area is 180 Å². The van der Waals surface area contributed by atoms with E-state index in [1.165, 1.54) is 12.0 Å². The first-order chi connectivity index (χ1) is 15.0. The number of fused-ring (bicyclic) bond motifs is 1. The molecule has 1 saturated heterocycles. The summed E-state index contributed by atoms with van der Waals surface area (Å²) >= 11 is 0. The molecule has 1 unspecified atom stereocenters. The molecule has 1 N–H and O–H groups in total. The van der Waals surface area contributed by atoms with Gasteiger partial charge in [0.1, 0.15) is 24.7 Å². The van der Waals surface area contributed by atoms with Gasteiger partial charge in [0.05, 0.1) is 24.3 Å². The Morgan fingerprint density at radius 2 is 1.87 bits per heavy atom. The maximum absolute atomic E-state index is 13.1. The number of rotatable bonds is 5. The molecule has 0 spiro atoms. The number of methoxy groups -OCH3 is 1. The lowest BCUT2D eigenvalue weighted by Gasteiger charge is -2.26. The molecule has 4 rings (SSSR count). The fourth-order valence-electron chi connectivity index (χ4n) is 4.08. The number of hydrogen-bond donors (Lipinski definition) is 1. The van der Waals surface area contributed by atoms with E-state index in [1.54, 1.807) is 30.3 Å². The van der Waals surface area contributed by atoms with Crippen LogP contribution in [-0.2, 0) is 9.59 Å². The van der Waals surface area contributed by atoms with Crippen LogP contribution in [0.25, 0.3) is 5.76 Å². The van der Waals surface area contributed by atoms with Gasteiger partial charge in [-0.05, 0) is 43.2 Å². The number of ketones is 1. The average Bonchev–Trinajstić information content (AvgIpc) is 3.03. The third kappa shape index (κ3) is 3.60.